The molecule has 1 aliphatic rings. The van der Waals surface area contributed by atoms with Crippen LogP contribution < -0.4 is 5.32 Å². The Morgan fingerprint density at radius 3 is 2.64 bits per heavy atom. The Bertz CT molecular complexity index is 217. The van der Waals surface area contributed by atoms with Gasteiger partial charge in [0.1, 0.15) is 5.78 Å². The summed E-state index contributed by atoms with van der Waals surface area (Å²) in [5, 5.41) is 10.9. The molecule has 4 nitrogen and oxygen atoms in total. The largest absolute Gasteiger partial charge is 0.465 e. The van der Waals surface area contributed by atoms with Gasteiger partial charge in [-0.15, -0.1) is 0 Å². The molecule has 1 atom stereocenters. The minimum absolute atomic E-state index is 0.00861. The Labute approximate surface area is 83.7 Å². The molecule has 0 spiro atoms. The quantitative estimate of drug-likeness (QED) is 0.728. The normalized spacial score (nSPS) is 20.5. The number of Topliss-reactive ketones (excluding diaryl/α,β-unsaturated/α-hetero) is 1. The van der Waals surface area contributed by atoms with E-state index in [4.69, 9.17) is 5.11 Å². The van der Waals surface area contributed by atoms with Crippen molar-refractivity contribution in [2.45, 2.75) is 45.1 Å². The molecule has 1 saturated carbocycles. The highest BCUT2D eigenvalue weighted by atomic mass is 16.4. The molecule has 0 aliphatic heterocycles. The average molecular weight is 199 g/mol. The molecule has 0 saturated heterocycles. The highest BCUT2D eigenvalue weighted by Crippen LogP contribution is 2.25. The Kier molecular flexibility index (Phi) is 3.92. The van der Waals surface area contributed by atoms with Crippen LogP contribution in [0.3, 0.4) is 0 Å². The summed E-state index contributed by atoms with van der Waals surface area (Å²) in [5.41, 5.74) is 0. The lowest BCUT2D eigenvalue weighted by Crippen LogP contribution is -2.33. The molecule has 14 heavy (non-hydrogen) atoms. The number of carbonyl (C=O) groups excluding carboxylic acids is 1. The molecule has 0 bridgehead atoms. The van der Waals surface area contributed by atoms with E-state index in [1.165, 1.54) is 0 Å². The molecule has 0 aromatic heterocycles. The molecule has 1 unspecified atom stereocenters. The van der Waals surface area contributed by atoms with Crippen LogP contribution in [0.2, 0.25) is 0 Å². The lowest BCUT2D eigenvalue weighted by molar-refractivity contribution is -0.121. The Morgan fingerprint density at radius 2 is 2.14 bits per heavy atom. The molecule has 2 N–H and O–H groups in total. The van der Waals surface area contributed by atoms with Crippen molar-refractivity contribution in [3.05, 3.63) is 0 Å². The lowest BCUT2D eigenvalue weighted by atomic mass is 9.84. The van der Waals surface area contributed by atoms with Crippen molar-refractivity contribution in [3.8, 4) is 0 Å². The van der Waals surface area contributed by atoms with Crippen molar-refractivity contribution >= 4 is 11.9 Å². The molecule has 1 fully saturated rings. The van der Waals surface area contributed by atoms with Crippen LogP contribution in [0, 0.1) is 5.92 Å². The SMILES string of the molecule is CC(CC1CCC(=O)CC1)NC(=O)O. The lowest BCUT2D eigenvalue weighted by Gasteiger charge is -2.23. The number of amides is 1. The minimum atomic E-state index is -0.968. The van der Waals surface area contributed by atoms with Crippen LogP contribution in [-0.4, -0.2) is 23.0 Å². The number of ketones is 1. The maximum atomic E-state index is 11.0. The van der Waals surface area contributed by atoms with E-state index in [1.54, 1.807) is 0 Å². The van der Waals surface area contributed by atoms with E-state index >= 15 is 0 Å². The Morgan fingerprint density at radius 1 is 1.57 bits per heavy atom. The van der Waals surface area contributed by atoms with Crippen LogP contribution in [0.1, 0.15) is 39.0 Å². The standard InChI is InChI=1S/C10H17NO3/c1-7(11-10(13)14)6-8-2-4-9(12)5-3-8/h7-8,11H,2-6H2,1H3,(H,13,14). The van der Waals surface area contributed by atoms with Gasteiger partial charge < -0.3 is 10.4 Å². The van der Waals surface area contributed by atoms with Crippen molar-refractivity contribution in [2.24, 2.45) is 5.92 Å². The fraction of sp³-hybridized carbons (Fsp3) is 0.800. The van der Waals surface area contributed by atoms with Crippen LogP contribution in [0.25, 0.3) is 0 Å². The fourth-order valence-electron chi connectivity index (χ4n) is 2.00. The van der Waals surface area contributed by atoms with E-state index in [0.717, 1.165) is 19.3 Å². The average Bonchev–Trinajstić information content (AvgIpc) is 2.07. The predicted molar refractivity (Wildman–Crippen MR) is 52.2 cm³/mol. The van der Waals surface area contributed by atoms with Gasteiger partial charge in [0.05, 0.1) is 0 Å². The van der Waals surface area contributed by atoms with Gasteiger partial charge in [-0.1, -0.05) is 0 Å². The number of rotatable bonds is 3. The van der Waals surface area contributed by atoms with Gasteiger partial charge in [-0.25, -0.2) is 4.79 Å². The fourth-order valence-corrected chi connectivity index (χ4v) is 2.00. The first-order chi connectivity index (χ1) is 6.58. The molecule has 0 heterocycles. The van der Waals surface area contributed by atoms with Gasteiger partial charge in [0, 0.05) is 18.9 Å². The number of hydrogen-bond donors (Lipinski definition) is 2. The summed E-state index contributed by atoms with van der Waals surface area (Å²) < 4.78 is 0. The van der Waals surface area contributed by atoms with Gasteiger partial charge in [0.2, 0.25) is 0 Å². The van der Waals surface area contributed by atoms with Gasteiger partial charge in [-0.05, 0) is 32.1 Å². The van der Waals surface area contributed by atoms with E-state index in [2.05, 4.69) is 5.32 Å². The molecule has 0 aromatic rings. The van der Waals surface area contributed by atoms with Gasteiger partial charge in [-0.2, -0.15) is 0 Å². The highest BCUT2D eigenvalue weighted by molar-refractivity contribution is 5.79. The molecular formula is C10H17NO3. The van der Waals surface area contributed by atoms with E-state index < -0.39 is 6.09 Å². The van der Waals surface area contributed by atoms with E-state index in [9.17, 15) is 9.59 Å². The van der Waals surface area contributed by atoms with Crippen LogP contribution in [0.5, 0.6) is 0 Å². The summed E-state index contributed by atoms with van der Waals surface area (Å²) in [6.45, 7) is 1.87. The summed E-state index contributed by atoms with van der Waals surface area (Å²) in [5.74, 6) is 0.856. The molecule has 1 amide bonds. The zero-order chi connectivity index (χ0) is 10.6. The molecule has 4 heteroatoms. The first-order valence-corrected chi connectivity index (χ1v) is 5.09. The Balaban J connectivity index is 2.23. The summed E-state index contributed by atoms with van der Waals surface area (Å²) in [4.78, 5) is 21.3. The zero-order valence-electron chi connectivity index (χ0n) is 8.45. The maximum absolute atomic E-state index is 11.0. The molecular weight excluding hydrogens is 182 g/mol. The second-order valence-electron chi connectivity index (χ2n) is 4.07. The van der Waals surface area contributed by atoms with Gasteiger partial charge in [0.15, 0.2) is 0 Å². The first kappa shape index (κ1) is 11.0. The second-order valence-corrected chi connectivity index (χ2v) is 4.07. The summed E-state index contributed by atoms with van der Waals surface area (Å²) in [7, 11) is 0. The summed E-state index contributed by atoms with van der Waals surface area (Å²) >= 11 is 0. The summed E-state index contributed by atoms with van der Waals surface area (Å²) in [6.07, 6.45) is 3.06. The van der Waals surface area contributed by atoms with E-state index in [1.807, 2.05) is 6.92 Å². The molecule has 80 valence electrons. The Hall–Kier alpha value is -1.06. The molecule has 0 aromatic carbocycles. The van der Waals surface area contributed by atoms with Crippen molar-refractivity contribution < 1.29 is 14.7 Å². The van der Waals surface area contributed by atoms with Crippen molar-refractivity contribution in [2.75, 3.05) is 0 Å². The van der Waals surface area contributed by atoms with Crippen molar-refractivity contribution in [3.63, 3.8) is 0 Å². The monoisotopic (exact) mass is 199 g/mol. The predicted octanol–water partition coefficient (Wildman–Crippen LogP) is 1.79. The van der Waals surface area contributed by atoms with E-state index in [-0.39, 0.29) is 6.04 Å². The minimum Gasteiger partial charge on any atom is -0.465 e. The number of carbonyl (C=O) groups is 2. The topological polar surface area (TPSA) is 66.4 Å². The third kappa shape index (κ3) is 3.77. The third-order valence-electron chi connectivity index (χ3n) is 2.72. The van der Waals surface area contributed by atoms with Gasteiger partial charge in [0.25, 0.3) is 0 Å². The second kappa shape index (κ2) is 4.98. The molecule has 1 rings (SSSR count). The number of nitrogens with one attached hydrogen (secondary N) is 1. The van der Waals surface area contributed by atoms with E-state index in [0.29, 0.717) is 24.5 Å². The smallest absolute Gasteiger partial charge is 0.404 e. The van der Waals surface area contributed by atoms with Crippen LogP contribution in [0.15, 0.2) is 0 Å². The van der Waals surface area contributed by atoms with Crippen molar-refractivity contribution in [1.29, 1.82) is 0 Å². The van der Waals surface area contributed by atoms with Gasteiger partial charge >= 0.3 is 6.09 Å². The van der Waals surface area contributed by atoms with Crippen molar-refractivity contribution in [1.82, 2.24) is 5.32 Å². The van der Waals surface area contributed by atoms with Crippen LogP contribution in [-0.2, 0) is 4.79 Å². The molecule has 0 radical (unpaired) electrons. The highest BCUT2D eigenvalue weighted by Gasteiger charge is 2.20. The molecule has 1 aliphatic carbocycles. The maximum Gasteiger partial charge on any atom is 0.404 e. The van der Waals surface area contributed by atoms with Crippen LogP contribution in [0.4, 0.5) is 4.79 Å². The number of carboxylic acid groups (broad SMARTS) is 1. The third-order valence-corrected chi connectivity index (χ3v) is 2.72. The van der Waals surface area contributed by atoms with Gasteiger partial charge in [-0.3, -0.25) is 4.79 Å². The first-order valence-electron chi connectivity index (χ1n) is 5.09. The zero-order valence-corrected chi connectivity index (χ0v) is 8.45. The summed E-state index contributed by atoms with van der Waals surface area (Å²) in [6, 6.07) is -0.00861. The number of hydrogen-bond acceptors (Lipinski definition) is 2. The van der Waals surface area contributed by atoms with Crippen LogP contribution >= 0.6 is 0 Å².